The molecule has 1 rings (SSSR count). The van der Waals surface area contributed by atoms with Crippen LogP contribution in [0.1, 0.15) is 12.2 Å². The summed E-state index contributed by atoms with van der Waals surface area (Å²) in [5.74, 6) is 0.943. The lowest BCUT2D eigenvalue weighted by atomic mass is 10.4. The number of imidazole rings is 1. The maximum absolute atomic E-state index is 12.0. The van der Waals surface area contributed by atoms with Gasteiger partial charge in [0.15, 0.2) is 0 Å². The normalized spacial score (nSPS) is 11.5. The fourth-order valence-electron chi connectivity index (χ4n) is 2.19. The van der Waals surface area contributed by atoms with Crippen LogP contribution >= 0.6 is 0 Å². The minimum Gasteiger partial charge on any atom is -0.377 e. The van der Waals surface area contributed by atoms with Crippen LogP contribution in [0.3, 0.4) is 0 Å². The molecular weight excluding hydrogens is 316 g/mol. The highest BCUT2D eigenvalue weighted by atomic mass is 28.4. The molecule has 1 heterocycles. The molecule has 0 aromatic carbocycles. The van der Waals surface area contributed by atoms with Gasteiger partial charge in [-0.25, -0.2) is 9.78 Å². The van der Waals surface area contributed by atoms with Crippen molar-refractivity contribution in [2.45, 2.75) is 25.9 Å². The average molecular weight is 344 g/mol. The molecule has 1 aromatic heterocycles. The highest BCUT2D eigenvalue weighted by Crippen LogP contribution is 2.14. The molecule has 132 valence electrons. The number of aryl methyl sites for hydroxylation is 1. The standard InChI is InChI=1S/C14H28N4O4Si/c1-13-15-8-9-18(13)11-10-17(2)14(19)16-7-6-12-23(20-3,21-4)22-5/h8-9H,6-7,10-12H2,1-5H3,(H,16,19). The molecule has 0 saturated carbocycles. The SMILES string of the molecule is CO[Si](CCCNC(=O)N(C)CCn1ccnc1C)(OC)OC. The van der Waals surface area contributed by atoms with Gasteiger partial charge >= 0.3 is 14.8 Å². The third kappa shape index (κ3) is 5.94. The monoisotopic (exact) mass is 344 g/mol. The van der Waals surface area contributed by atoms with E-state index in [1.807, 2.05) is 17.7 Å². The van der Waals surface area contributed by atoms with Crippen molar-refractivity contribution in [2.75, 3.05) is 41.5 Å². The van der Waals surface area contributed by atoms with Gasteiger partial charge in [0.05, 0.1) is 0 Å². The van der Waals surface area contributed by atoms with Gasteiger partial charge in [-0.3, -0.25) is 0 Å². The summed E-state index contributed by atoms with van der Waals surface area (Å²) in [7, 11) is 3.99. The number of nitrogens with one attached hydrogen (secondary N) is 1. The molecule has 0 saturated heterocycles. The first-order chi connectivity index (χ1) is 11.0. The summed E-state index contributed by atoms with van der Waals surface area (Å²) < 4.78 is 18.0. The fraction of sp³-hybridized carbons (Fsp3) is 0.714. The molecule has 0 unspecified atom stereocenters. The van der Waals surface area contributed by atoms with Gasteiger partial charge in [-0.2, -0.15) is 0 Å². The van der Waals surface area contributed by atoms with Crippen molar-refractivity contribution in [3.05, 3.63) is 18.2 Å². The van der Waals surface area contributed by atoms with E-state index in [1.54, 1.807) is 39.5 Å². The minimum absolute atomic E-state index is 0.0951. The molecular formula is C14H28N4O4Si. The van der Waals surface area contributed by atoms with Crippen molar-refractivity contribution in [1.29, 1.82) is 0 Å². The summed E-state index contributed by atoms with van der Waals surface area (Å²) in [4.78, 5) is 17.8. The second-order valence-corrected chi connectivity index (χ2v) is 8.31. The highest BCUT2D eigenvalue weighted by molar-refractivity contribution is 6.60. The number of hydrogen-bond donors (Lipinski definition) is 1. The third-order valence-electron chi connectivity index (χ3n) is 3.82. The molecule has 0 aliphatic rings. The third-order valence-corrected chi connectivity index (χ3v) is 6.65. The molecule has 0 bridgehead atoms. The summed E-state index contributed by atoms with van der Waals surface area (Å²) in [5.41, 5.74) is 0. The number of rotatable bonds is 10. The van der Waals surface area contributed by atoms with Crippen molar-refractivity contribution < 1.29 is 18.1 Å². The predicted molar refractivity (Wildman–Crippen MR) is 89.2 cm³/mol. The predicted octanol–water partition coefficient (Wildman–Crippen LogP) is 1.10. The Bertz CT molecular complexity index is 471. The molecule has 0 atom stereocenters. The van der Waals surface area contributed by atoms with Gasteiger partial charge in [-0.1, -0.05) is 0 Å². The maximum atomic E-state index is 12.0. The Hall–Kier alpha value is -1.42. The molecule has 0 radical (unpaired) electrons. The maximum Gasteiger partial charge on any atom is 0.500 e. The number of carbonyl (C=O) groups is 1. The van der Waals surface area contributed by atoms with Gasteiger partial charge in [0.25, 0.3) is 0 Å². The van der Waals surface area contributed by atoms with Crippen LogP contribution in [0.5, 0.6) is 0 Å². The zero-order valence-electron chi connectivity index (χ0n) is 14.7. The molecule has 1 N–H and O–H groups in total. The molecule has 0 spiro atoms. The van der Waals surface area contributed by atoms with Crippen LogP contribution in [0, 0.1) is 6.92 Å². The van der Waals surface area contributed by atoms with Gasteiger partial charge in [0.1, 0.15) is 5.82 Å². The first-order valence-electron chi connectivity index (χ1n) is 7.60. The second kappa shape index (κ2) is 9.66. The van der Waals surface area contributed by atoms with Crippen LogP contribution in [0.15, 0.2) is 12.4 Å². The topological polar surface area (TPSA) is 77.9 Å². The molecule has 0 aliphatic carbocycles. The van der Waals surface area contributed by atoms with Crippen LogP contribution in [0.25, 0.3) is 0 Å². The van der Waals surface area contributed by atoms with E-state index in [1.165, 1.54) is 0 Å². The number of urea groups is 1. The van der Waals surface area contributed by atoms with Crippen LogP contribution in [0.2, 0.25) is 6.04 Å². The Morgan fingerprint density at radius 1 is 1.35 bits per heavy atom. The van der Waals surface area contributed by atoms with Crippen molar-refractivity contribution in [1.82, 2.24) is 19.8 Å². The molecule has 2 amide bonds. The van der Waals surface area contributed by atoms with Crippen molar-refractivity contribution in [2.24, 2.45) is 0 Å². The first kappa shape index (κ1) is 19.6. The summed E-state index contributed by atoms with van der Waals surface area (Å²) in [5, 5.41) is 2.89. The van der Waals surface area contributed by atoms with Gasteiger partial charge in [0, 0.05) is 66.4 Å². The smallest absolute Gasteiger partial charge is 0.377 e. The van der Waals surface area contributed by atoms with Crippen molar-refractivity contribution in [3.8, 4) is 0 Å². The largest absolute Gasteiger partial charge is 0.500 e. The summed E-state index contributed by atoms with van der Waals surface area (Å²) >= 11 is 0. The van der Waals surface area contributed by atoms with Crippen molar-refractivity contribution >= 4 is 14.8 Å². The zero-order chi connectivity index (χ0) is 17.3. The molecule has 9 heteroatoms. The lowest BCUT2D eigenvalue weighted by Gasteiger charge is -2.24. The number of likely N-dealkylation sites (N-methyl/N-ethyl adjacent to an activating group) is 1. The Morgan fingerprint density at radius 2 is 2.00 bits per heavy atom. The summed E-state index contributed by atoms with van der Waals surface area (Å²) in [6.07, 6.45) is 4.40. The first-order valence-corrected chi connectivity index (χ1v) is 9.53. The van der Waals surface area contributed by atoms with Crippen LogP contribution in [-0.4, -0.2) is 70.8 Å². The summed E-state index contributed by atoms with van der Waals surface area (Å²) in [6, 6.07) is 0.566. The van der Waals surface area contributed by atoms with E-state index in [-0.39, 0.29) is 6.03 Å². The fourth-order valence-corrected chi connectivity index (χ4v) is 3.91. The lowest BCUT2D eigenvalue weighted by molar-refractivity contribution is 0.123. The average Bonchev–Trinajstić information content (AvgIpc) is 2.98. The Kier molecular flexibility index (Phi) is 8.24. The zero-order valence-corrected chi connectivity index (χ0v) is 15.7. The lowest BCUT2D eigenvalue weighted by Crippen LogP contribution is -2.44. The van der Waals surface area contributed by atoms with Gasteiger partial charge < -0.3 is 28.1 Å². The van der Waals surface area contributed by atoms with Crippen LogP contribution < -0.4 is 5.32 Å². The van der Waals surface area contributed by atoms with Gasteiger partial charge in [0.2, 0.25) is 0 Å². The number of amides is 2. The number of hydrogen-bond acceptors (Lipinski definition) is 5. The molecule has 0 aliphatic heterocycles. The highest BCUT2D eigenvalue weighted by Gasteiger charge is 2.36. The van der Waals surface area contributed by atoms with Crippen LogP contribution in [0.4, 0.5) is 4.79 Å². The molecule has 0 fully saturated rings. The molecule has 1 aromatic rings. The van der Waals surface area contributed by atoms with E-state index >= 15 is 0 Å². The second-order valence-electron chi connectivity index (χ2n) is 5.22. The van der Waals surface area contributed by atoms with Crippen LogP contribution in [-0.2, 0) is 19.8 Å². The molecule has 23 heavy (non-hydrogen) atoms. The Balaban J connectivity index is 2.26. The minimum atomic E-state index is -2.55. The van der Waals surface area contributed by atoms with E-state index in [2.05, 4.69) is 10.3 Å². The number of nitrogens with zero attached hydrogens (tertiary/aromatic N) is 3. The van der Waals surface area contributed by atoms with Gasteiger partial charge in [-0.15, -0.1) is 0 Å². The Morgan fingerprint density at radius 3 is 2.52 bits per heavy atom. The van der Waals surface area contributed by atoms with E-state index in [0.29, 0.717) is 19.1 Å². The number of aromatic nitrogens is 2. The quantitative estimate of drug-likeness (QED) is 0.508. The van der Waals surface area contributed by atoms with Crippen molar-refractivity contribution in [3.63, 3.8) is 0 Å². The van der Waals surface area contributed by atoms with E-state index < -0.39 is 8.80 Å². The van der Waals surface area contributed by atoms with E-state index in [9.17, 15) is 4.79 Å². The van der Waals surface area contributed by atoms with E-state index in [4.69, 9.17) is 13.3 Å². The van der Waals surface area contributed by atoms with E-state index in [0.717, 1.165) is 18.8 Å². The Labute approximate surface area is 139 Å². The number of carbonyl (C=O) groups excluding carboxylic acids is 1. The summed E-state index contributed by atoms with van der Waals surface area (Å²) in [6.45, 7) is 3.84. The molecule has 8 nitrogen and oxygen atoms in total. The van der Waals surface area contributed by atoms with Gasteiger partial charge in [-0.05, 0) is 13.3 Å².